The SMILES string of the molecule is c1ccc(-c2nc(-c3ccccc3)nc(-c3cccc4cccc(-n5c6ccccc6c6c7ccccc7n(-c7ccccc7)c65)c34)n2)cc1. The zero-order valence-electron chi connectivity index (χ0n) is 27.0. The molecule has 0 aliphatic heterocycles. The summed E-state index contributed by atoms with van der Waals surface area (Å²) in [5.41, 5.74) is 8.43. The van der Waals surface area contributed by atoms with Gasteiger partial charge in [-0.1, -0.05) is 146 Å². The fraction of sp³-hybridized carbons (Fsp3) is 0. The van der Waals surface area contributed by atoms with Gasteiger partial charge in [0.05, 0.1) is 16.7 Å². The van der Waals surface area contributed by atoms with Crippen LogP contribution in [0.3, 0.4) is 0 Å². The van der Waals surface area contributed by atoms with Crippen LogP contribution in [0.1, 0.15) is 0 Å². The lowest BCUT2D eigenvalue weighted by atomic mass is 10.0. The summed E-state index contributed by atoms with van der Waals surface area (Å²) >= 11 is 0. The number of nitrogens with zero attached hydrogens (tertiary/aromatic N) is 5. The Morgan fingerprint density at radius 2 is 0.860 bits per heavy atom. The van der Waals surface area contributed by atoms with Gasteiger partial charge in [-0.2, -0.15) is 0 Å². The summed E-state index contributed by atoms with van der Waals surface area (Å²) in [4.78, 5) is 15.3. The number of rotatable bonds is 5. The molecule has 3 heterocycles. The van der Waals surface area contributed by atoms with E-state index >= 15 is 0 Å². The van der Waals surface area contributed by atoms with E-state index in [4.69, 9.17) is 15.0 Å². The highest BCUT2D eigenvalue weighted by Gasteiger charge is 2.24. The van der Waals surface area contributed by atoms with Gasteiger partial charge in [-0.3, -0.25) is 9.13 Å². The molecule has 0 spiro atoms. The van der Waals surface area contributed by atoms with Crippen LogP contribution < -0.4 is 0 Å². The fourth-order valence-electron chi connectivity index (χ4n) is 7.40. The molecular formula is C45H29N5. The van der Waals surface area contributed by atoms with Crippen molar-refractivity contribution in [2.45, 2.75) is 0 Å². The molecule has 3 aromatic heterocycles. The minimum atomic E-state index is 0.632. The third-order valence-electron chi connectivity index (χ3n) is 9.55. The maximum atomic E-state index is 5.16. The van der Waals surface area contributed by atoms with Crippen molar-refractivity contribution in [1.82, 2.24) is 24.1 Å². The van der Waals surface area contributed by atoms with Crippen molar-refractivity contribution in [3.05, 3.63) is 176 Å². The normalized spacial score (nSPS) is 11.6. The van der Waals surface area contributed by atoms with Crippen molar-refractivity contribution >= 4 is 43.6 Å². The van der Waals surface area contributed by atoms with Crippen molar-refractivity contribution in [3.8, 4) is 45.5 Å². The molecule has 0 saturated carbocycles. The Labute approximate surface area is 288 Å². The second-order valence-corrected chi connectivity index (χ2v) is 12.5. The number of hydrogen-bond acceptors (Lipinski definition) is 3. The molecule has 0 aliphatic rings. The maximum Gasteiger partial charge on any atom is 0.164 e. The van der Waals surface area contributed by atoms with Gasteiger partial charge in [0.2, 0.25) is 0 Å². The molecular weight excluding hydrogens is 611 g/mol. The number of aromatic nitrogens is 5. The number of hydrogen-bond donors (Lipinski definition) is 0. The molecule has 0 saturated heterocycles. The monoisotopic (exact) mass is 639 g/mol. The van der Waals surface area contributed by atoms with Crippen molar-refractivity contribution in [2.75, 3.05) is 0 Å². The minimum absolute atomic E-state index is 0.632. The summed E-state index contributed by atoms with van der Waals surface area (Å²) in [6.45, 7) is 0. The Morgan fingerprint density at radius 3 is 1.48 bits per heavy atom. The lowest BCUT2D eigenvalue weighted by Gasteiger charge is -2.17. The predicted octanol–water partition coefficient (Wildman–Crippen LogP) is 11.1. The lowest BCUT2D eigenvalue weighted by Crippen LogP contribution is -2.04. The van der Waals surface area contributed by atoms with Crippen molar-refractivity contribution in [2.24, 2.45) is 0 Å². The number of benzene rings is 7. The van der Waals surface area contributed by atoms with E-state index in [9.17, 15) is 0 Å². The molecule has 0 N–H and O–H groups in total. The standard InChI is InChI=1S/C45H29N5/c1-4-16-31(17-5-1)42-46-43(32-18-6-2-7-19-32)48-44(47-42)36-26-14-20-30-21-15-29-39(40(30)36)50-38-28-13-11-25-35(38)41-34-24-10-12-27-37(34)49(45(41)50)33-22-8-3-9-23-33/h1-29H. The van der Waals surface area contributed by atoms with Crippen LogP contribution in [0.2, 0.25) is 0 Å². The summed E-state index contributed by atoms with van der Waals surface area (Å²) < 4.78 is 4.83. The van der Waals surface area contributed by atoms with Gasteiger partial charge in [0.15, 0.2) is 17.5 Å². The Morgan fingerprint density at radius 1 is 0.360 bits per heavy atom. The van der Waals surface area contributed by atoms with Gasteiger partial charge in [0, 0.05) is 43.9 Å². The van der Waals surface area contributed by atoms with E-state index in [0.29, 0.717) is 17.5 Å². The summed E-state index contributed by atoms with van der Waals surface area (Å²) in [6.07, 6.45) is 0. The molecule has 0 unspecified atom stereocenters. The van der Waals surface area contributed by atoms with Crippen LogP contribution in [-0.4, -0.2) is 24.1 Å². The first-order chi connectivity index (χ1) is 24.8. The third-order valence-corrected chi connectivity index (χ3v) is 9.55. The van der Waals surface area contributed by atoms with Gasteiger partial charge in [-0.25, -0.2) is 15.0 Å². The van der Waals surface area contributed by atoms with E-state index in [1.54, 1.807) is 0 Å². The number of fused-ring (bicyclic) bond motifs is 6. The second-order valence-electron chi connectivity index (χ2n) is 12.5. The molecule has 50 heavy (non-hydrogen) atoms. The quantitative estimate of drug-likeness (QED) is 0.188. The molecule has 0 aliphatic carbocycles. The molecule has 5 nitrogen and oxygen atoms in total. The highest BCUT2D eigenvalue weighted by atomic mass is 15.1. The van der Waals surface area contributed by atoms with Crippen LogP contribution in [-0.2, 0) is 0 Å². The predicted molar refractivity (Wildman–Crippen MR) is 205 cm³/mol. The van der Waals surface area contributed by atoms with Gasteiger partial charge in [0.1, 0.15) is 5.65 Å². The Hall–Kier alpha value is -6.85. The molecule has 7 aromatic carbocycles. The maximum absolute atomic E-state index is 5.16. The van der Waals surface area contributed by atoms with Crippen LogP contribution in [0.4, 0.5) is 0 Å². The largest absolute Gasteiger partial charge is 0.295 e. The van der Waals surface area contributed by atoms with Crippen LogP contribution in [0.5, 0.6) is 0 Å². The van der Waals surface area contributed by atoms with Gasteiger partial charge in [-0.05, 0) is 35.7 Å². The summed E-state index contributed by atoms with van der Waals surface area (Å²) in [7, 11) is 0. The van der Waals surface area contributed by atoms with Crippen molar-refractivity contribution < 1.29 is 0 Å². The highest BCUT2D eigenvalue weighted by Crippen LogP contribution is 2.43. The van der Waals surface area contributed by atoms with E-state index in [1.807, 2.05) is 60.7 Å². The lowest BCUT2D eigenvalue weighted by molar-refractivity contribution is 1.07. The molecule has 0 amide bonds. The Bertz CT molecular complexity index is 2790. The molecule has 0 fully saturated rings. The van der Waals surface area contributed by atoms with Gasteiger partial charge >= 0.3 is 0 Å². The zero-order chi connectivity index (χ0) is 33.0. The van der Waals surface area contributed by atoms with E-state index < -0.39 is 0 Å². The van der Waals surface area contributed by atoms with Gasteiger partial charge < -0.3 is 0 Å². The highest BCUT2D eigenvalue weighted by molar-refractivity contribution is 6.23. The van der Waals surface area contributed by atoms with Crippen LogP contribution >= 0.6 is 0 Å². The molecule has 0 bridgehead atoms. The van der Waals surface area contributed by atoms with E-state index in [0.717, 1.165) is 50.0 Å². The first kappa shape index (κ1) is 28.2. The van der Waals surface area contributed by atoms with E-state index in [-0.39, 0.29) is 0 Å². The summed E-state index contributed by atoms with van der Waals surface area (Å²) in [5.74, 6) is 1.91. The molecule has 10 rings (SSSR count). The van der Waals surface area contributed by atoms with Gasteiger partial charge in [-0.15, -0.1) is 0 Å². The Kier molecular flexibility index (Phi) is 6.42. The van der Waals surface area contributed by atoms with Crippen molar-refractivity contribution in [1.29, 1.82) is 0 Å². The first-order valence-corrected chi connectivity index (χ1v) is 16.8. The van der Waals surface area contributed by atoms with E-state index in [1.165, 1.54) is 21.7 Å². The fourth-order valence-corrected chi connectivity index (χ4v) is 7.40. The number of para-hydroxylation sites is 3. The average molecular weight is 640 g/mol. The summed E-state index contributed by atoms with van der Waals surface area (Å²) in [6, 6.07) is 61.4. The van der Waals surface area contributed by atoms with Crippen LogP contribution in [0.15, 0.2) is 176 Å². The van der Waals surface area contributed by atoms with Crippen molar-refractivity contribution in [3.63, 3.8) is 0 Å². The second kappa shape index (κ2) is 11.4. The molecule has 10 aromatic rings. The first-order valence-electron chi connectivity index (χ1n) is 16.8. The molecule has 0 atom stereocenters. The smallest absolute Gasteiger partial charge is 0.164 e. The summed E-state index contributed by atoms with van der Waals surface area (Å²) in [5, 5.41) is 5.84. The molecule has 0 radical (unpaired) electrons. The average Bonchev–Trinajstić information content (AvgIpc) is 3.71. The minimum Gasteiger partial charge on any atom is -0.295 e. The van der Waals surface area contributed by atoms with Gasteiger partial charge in [0.25, 0.3) is 0 Å². The Balaban J connectivity index is 1.33. The third kappa shape index (κ3) is 4.37. The van der Waals surface area contributed by atoms with Crippen LogP contribution in [0.25, 0.3) is 89.2 Å². The van der Waals surface area contributed by atoms with Crippen LogP contribution in [0, 0.1) is 0 Å². The topological polar surface area (TPSA) is 48.5 Å². The van der Waals surface area contributed by atoms with E-state index in [2.05, 4.69) is 124 Å². The zero-order valence-corrected chi connectivity index (χ0v) is 27.0. The molecule has 234 valence electrons. The molecule has 5 heteroatoms.